The molecule has 1 aromatic rings. The van der Waals surface area contributed by atoms with E-state index in [1.54, 1.807) is 6.07 Å². The van der Waals surface area contributed by atoms with Crippen LogP contribution < -0.4 is 17.7 Å². The van der Waals surface area contributed by atoms with Crippen molar-refractivity contribution in [2.24, 2.45) is 0 Å². The van der Waals surface area contributed by atoms with Gasteiger partial charge in [-0.15, -0.1) is 0 Å². The van der Waals surface area contributed by atoms with Crippen LogP contribution in [0.2, 0.25) is 0 Å². The fourth-order valence-corrected chi connectivity index (χ4v) is 1.21. The Labute approximate surface area is 101 Å². The van der Waals surface area contributed by atoms with Crippen LogP contribution in [0, 0.1) is 0 Å². The summed E-state index contributed by atoms with van der Waals surface area (Å²) >= 11 is 0. The first kappa shape index (κ1) is 15.0. The molecule has 0 saturated heterocycles. The number of nitrogens with one attached hydrogen (secondary N) is 1. The van der Waals surface area contributed by atoms with Crippen molar-refractivity contribution in [3.05, 3.63) is 23.8 Å². The normalized spacial score (nSPS) is 12.2. The highest BCUT2D eigenvalue weighted by Crippen LogP contribution is 2.27. The van der Waals surface area contributed by atoms with Crippen LogP contribution >= 0.6 is 0 Å². The molecule has 0 radical (unpaired) electrons. The molecule has 0 aliphatic heterocycles. The Morgan fingerprint density at radius 1 is 1.19 bits per heavy atom. The minimum absolute atomic E-state index is 0. The van der Waals surface area contributed by atoms with Crippen LogP contribution in [-0.4, -0.2) is 27.9 Å². The second-order valence-electron chi connectivity index (χ2n) is 3.83. The number of aliphatic hydroxyl groups excluding tert-OH is 1. The monoisotopic (exact) mass is 246 g/mol. The third-order valence-electron chi connectivity index (χ3n) is 2.10. The number of phenolic OH excluding ortho intramolecular Hbond substituents is 2. The predicted molar refractivity (Wildman–Crippen MR) is 57.9 cm³/mol. The molecule has 0 fully saturated rings. The van der Waals surface area contributed by atoms with Gasteiger partial charge >= 0.3 is 0 Å². The maximum absolute atomic E-state index is 9.73. The van der Waals surface area contributed by atoms with Crippen LogP contribution in [0.25, 0.3) is 0 Å². The Bertz CT molecular complexity index is 331. The van der Waals surface area contributed by atoms with E-state index in [9.17, 15) is 10.2 Å². The number of rotatable bonds is 4. The molecule has 1 atom stereocenters. The van der Waals surface area contributed by atoms with Gasteiger partial charge in [0.25, 0.3) is 0 Å². The molecule has 0 amide bonds. The van der Waals surface area contributed by atoms with E-state index in [1.165, 1.54) is 12.1 Å². The molecule has 5 heteroatoms. The molecule has 4 N–H and O–H groups in total. The van der Waals surface area contributed by atoms with E-state index >= 15 is 0 Å². The molecular weight excluding hydrogens is 230 g/mol. The number of benzene rings is 1. The predicted octanol–water partition coefficient (Wildman–Crippen LogP) is -1.87. The van der Waals surface area contributed by atoms with Gasteiger partial charge in [-0.2, -0.15) is 0 Å². The zero-order valence-electron chi connectivity index (χ0n) is 9.31. The molecule has 1 aromatic carbocycles. The maximum atomic E-state index is 9.73. The van der Waals surface area contributed by atoms with E-state index in [-0.39, 0.29) is 23.9 Å². The largest absolute Gasteiger partial charge is 1.00 e. The topological polar surface area (TPSA) is 72.7 Å². The minimum Gasteiger partial charge on any atom is -1.00 e. The van der Waals surface area contributed by atoms with Crippen molar-refractivity contribution < 1.29 is 27.7 Å². The quantitative estimate of drug-likeness (QED) is 0.470. The third-order valence-corrected chi connectivity index (χ3v) is 2.10. The lowest BCUT2D eigenvalue weighted by Crippen LogP contribution is -3.00. The Morgan fingerprint density at radius 2 is 1.81 bits per heavy atom. The zero-order chi connectivity index (χ0) is 11.4. The van der Waals surface area contributed by atoms with E-state index in [0.717, 1.165) is 0 Å². The lowest BCUT2D eigenvalue weighted by atomic mass is 10.1. The SMILES string of the molecule is CC(C)NCC(O)c1ccc(O)c(O)c1.[Cl-]. The van der Waals surface area contributed by atoms with Crippen LogP contribution in [0.3, 0.4) is 0 Å². The van der Waals surface area contributed by atoms with Crippen LogP contribution in [0.1, 0.15) is 25.5 Å². The second kappa shape index (κ2) is 6.58. The molecule has 0 aromatic heterocycles. The van der Waals surface area contributed by atoms with Crippen LogP contribution in [0.4, 0.5) is 0 Å². The van der Waals surface area contributed by atoms with E-state index < -0.39 is 6.10 Å². The summed E-state index contributed by atoms with van der Waals surface area (Å²) in [5.74, 6) is -0.390. The lowest BCUT2D eigenvalue weighted by Gasteiger charge is -2.14. The molecule has 0 heterocycles. The molecule has 0 bridgehead atoms. The second-order valence-corrected chi connectivity index (χ2v) is 3.83. The lowest BCUT2D eigenvalue weighted by molar-refractivity contribution is -0.00000662. The van der Waals surface area contributed by atoms with Crippen molar-refractivity contribution in [2.45, 2.75) is 26.0 Å². The molecule has 0 spiro atoms. The Morgan fingerprint density at radius 3 is 2.31 bits per heavy atom. The van der Waals surface area contributed by atoms with E-state index in [4.69, 9.17) is 5.11 Å². The molecular formula is C11H17ClNO3-. The summed E-state index contributed by atoms with van der Waals surface area (Å²) in [5.41, 5.74) is 0.582. The van der Waals surface area contributed by atoms with Gasteiger partial charge in [-0.05, 0) is 17.7 Å². The standard InChI is InChI=1S/C11H17NO3.ClH/c1-7(2)12-6-11(15)8-3-4-9(13)10(14)5-8;/h3-5,7,11-15H,6H2,1-2H3;1H/p-1. The van der Waals surface area contributed by atoms with Gasteiger partial charge in [-0.1, -0.05) is 19.9 Å². The number of hydrogen-bond acceptors (Lipinski definition) is 4. The van der Waals surface area contributed by atoms with Gasteiger partial charge in [0.05, 0.1) is 6.10 Å². The highest BCUT2D eigenvalue weighted by molar-refractivity contribution is 5.41. The van der Waals surface area contributed by atoms with Gasteiger partial charge in [0.2, 0.25) is 0 Å². The summed E-state index contributed by atoms with van der Waals surface area (Å²) in [7, 11) is 0. The summed E-state index contributed by atoms with van der Waals surface area (Å²) in [6.07, 6.45) is -0.682. The van der Waals surface area contributed by atoms with Crippen molar-refractivity contribution in [1.82, 2.24) is 5.32 Å². The summed E-state index contributed by atoms with van der Waals surface area (Å²) in [6.45, 7) is 4.39. The number of aliphatic hydroxyl groups is 1. The molecule has 92 valence electrons. The highest BCUT2D eigenvalue weighted by Gasteiger charge is 2.10. The average molecular weight is 247 g/mol. The van der Waals surface area contributed by atoms with Crippen molar-refractivity contribution in [3.8, 4) is 11.5 Å². The summed E-state index contributed by atoms with van der Waals surface area (Å²) in [6, 6.07) is 4.61. The molecule has 0 aliphatic carbocycles. The van der Waals surface area contributed by atoms with Crippen molar-refractivity contribution >= 4 is 0 Å². The average Bonchev–Trinajstić information content (AvgIpc) is 2.18. The number of hydrogen-bond donors (Lipinski definition) is 4. The summed E-state index contributed by atoms with van der Waals surface area (Å²) in [4.78, 5) is 0. The number of phenols is 2. The maximum Gasteiger partial charge on any atom is 0.157 e. The molecule has 0 aliphatic rings. The van der Waals surface area contributed by atoms with Gasteiger partial charge in [0.15, 0.2) is 11.5 Å². The first-order valence-corrected chi connectivity index (χ1v) is 4.94. The summed E-state index contributed by atoms with van der Waals surface area (Å²) < 4.78 is 0. The van der Waals surface area contributed by atoms with E-state index in [0.29, 0.717) is 18.2 Å². The van der Waals surface area contributed by atoms with Gasteiger partial charge < -0.3 is 33.0 Å². The third kappa shape index (κ3) is 4.26. The van der Waals surface area contributed by atoms with Crippen LogP contribution in [0.5, 0.6) is 11.5 Å². The molecule has 16 heavy (non-hydrogen) atoms. The molecule has 1 rings (SSSR count). The van der Waals surface area contributed by atoms with Gasteiger partial charge in [0, 0.05) is 12.6 Å². The summed E-state index contributed by atoms with van der Waals surface area (Å²) in [5, 5.41) is 31.2. The Kier molecular flexibility index (Phi) is 6.18. The Balaban J connectivity index is 0.00000225. The highest BCUT2D eigenvalue weighted by atomic mass is 35.5. The molecule has 0 saturated carbocycles. The van der Waals surface area contributed by atoms with Crippen molar-refractivity contribution in [3.63, 3.8) is 0 Å². The van der Waals surface area contributed by atoms with Crippen LogP contribution in [-0.2, 0) is 0 Å². The smallest absolute Gasteiger partial charge is 0.157 e. The zero-order valence-corrected chi connectivity index (χ0v) is 10.1. The van der Waals surface area contributed by atoms with Gasteiger partial charge in [-0.3, -0.25) is 0 Å². The fourth-order valence-electron chi connectivity index (χ4n) is 1.21. The number of halogens is 1. The first-order valence-electron chi connectivity index (χ1n) is 4.94. The Hall–Kier alpha value is -0.970. The van der Waals surface area contributed by atoms with Crippen molar-refractivity contribution in [1.29, 1.82) is 0 Å². The van der Waals surface area contributed by atoms with E-state index in [1.807, 2.05) is 13.8 Å². The van der Waals surface area contributed by atoms with Crippen molar-refractivity contribution in [2.75, 3.05) is 6.54 Å². The van der Waals surface area contributed by atoms with Gasteiger partial charge in [-0.25, -0.2) is 0 Å². The molecule has 4 nitrogen and oxygen atoms in total. The van der Waals surface area contributed by atoms with Crippen LogP contribution in [0.15, 0.2) is 18.2 Å². The van der Waals surface area contributed by atoms with Gasteiger partial charge in [0.1, 0.15) is 0 Å². The minimum atomic E-state index is -0.682. The number of aromatic hydroxyl groups is 2. The van der Waals surface area contributed by atoms with E-state index in [2.05, 4.69) is 5.32 Å². The first-order chi connectivity index (χ1) is 7.00. The molecule has 1 unspecified atom stereocenters. The fraction of sp³-hybridized carbons (Fsp3) is 0.455.